The summed E-state index contributed by atoms with van der Waals surface area (Å²) >= 11 is 0. The van der Waals surface area contributed by atoms with E-state index in [1.165, 1.54) is 12.2 Å². The van der Waals surface area contributed by atoms with Gasteiger partial charge in [-0.05, 0) is 61.1 Å². The molecule has 0 aromatic heterocycles. The first-order chi connectivity index (χ1) is 18.2. The molecule has 4 unspecified atom stereocenters. The number of fused-ring (bicyclic) bond motifs is 3. The molecule has 5 rings (SSSR count). The number of carbonyl (C=O) groups is 1. The number of ether oxygens (including phenoxy) is 3. The van der Waals surface area contributed by atoms with Crippen molar-refractivity contribution in [2.24, 2.45) is 22.7 Å². The van der Waals surface area contributed by atoms with Gasteiger partial charge in [-0.1, -0.05) is 12.2 Å². The molecule has 0 aromatic rings. The van der Waals surface area contributed by atoms with E-state index in [2.05, 4.69) is 23.2 Å². The van der Waals surface area contributed by atoms with Crippen LogP contribution in [0.1, 0.15) is 32.1 Å². The molecule has 0 bridgehead atoms. The van der Waals surface area contributed by atoms with Gasteiger partial charge in [0.1, 0.15) is 23.9 Å². The number of hydrogen-bond acceptors (Lipinski definition) is 5. The fraction of sp³-hybridized carbons (Fsp3) is 0.464. The molecule has 2 heterocycles. The van der Waals surface area contributed by atoms with Crippen LogP contribution in [0.15, 0.2) is 75.9 Å². The highest BCUT2D eigenvalue weighted by molar-refractivity contribution is 5.94. The van der Waals surface area contributed by atoms with Gasteiger partial charge in [-0.15, -0.1) is 0 Å². The van der Waals surface area contributed by atoms with Gasteiger partial charge >= 0.3 is 12.2 Å². The lowest BCUT2D eigenvalue weighted by atomic mass is 9.75. The van der Waals surface area contributed by atoms with Crippen LogP contribution in [0, 0.1) is 29.1 Å². The van der Waals surface area contributed by atoms with Crippen molar-refractivity contribution in [3.05, 3.63) is 71.0 Å². The van der Waals surface area contributed by atoms with Gasteiger partial charge in [0.25, 0.3) is 0 Å². The molecular formula is C28H28F3N3O4. The van der Waals surface area contributed by atoms with Crippen LogP contribution in [0.2, 0.25) is 0 Å². The molecule has 5 aliphatic rings. The largest absolute Gasteiger partial charge is 0.497 e. The summed E-state index contributed by atoms with van der Waals surface area (Å²) < 4.78 is 56.2. The van der Waals surface area contributed by atoms with Crippen molar-refractivity contribution >= 4 is 11.9 Å². The number of methoxy groups -OCH3 is 1. The molecule has 7 nitrogen and oxygen atoms in total. The van der Waals surface area contributed by atoms with Gasteiger partial charge in [0.05, 0.1) is 24.7 Å². The number of piperidine rings is 1. The molecule has 10 heteroatoms. The number of halogens is 3. The molecule has 3 aliphatic carbocycles. The van der Waals surface area contributed by atoms with Crippen LogP contribution in [-0.2, 0) is 14.2 Å². The van der Waals surface area contributed by atoms with Gasteiger partial charge in [0.15, 0.2) is 5.90 Å². The molecule has 4 atom stereocenters. The number of nitrogens with zero attached hydrogens (tertiary/aromatic N) is 3. The average Bonchev–Trinajstić information content (AvgIpc) is 2.91. The van der Waals surface area contributed by atoms with Crippen LogP contribution in [0.3, 0.4) is 0 Å². The number of hydrogen-bond donors (Lipinski definition) is 0. The van der Waals surface area contributed by atoms with Crippen molar-refractivity contribution in [2.75, 3.05) is 20.3 Å². The van der Waals surface area contributed by atoms with Gasteiger partial charge in [-0.25, -0.2) is 4.79 Å². The van der Waals surface area contributed by atoms with E-state index in [1.54, 1.807) is 18.1 Å². The summed E-state index contributed by atoms with van der Waals surface area (Å²) in [6.07, 6.45) is 9.43. The average molecular weight is 528 g/mol. The fourth-order valence-electron chi connectivity index (χ4n) is 5.54. The standard InChI is InChI=1S/C28H28F3N3O4/c1-36-21-7-8-24-17(11-21)9-10-34-25(24)14-26(33-27(34)35)37-16-18-5-6-23(12-19(18)15-32)38-22-4-2-3-20(13-22)28(29,30)31/h2,4,7-8,11-13,17,20,24-25H,3,5-6,9-10,14,16H2,1H3. The van der Waals surface area contributed by atoms with E-state index in [9.17, 15) is 23.2 Å². The minimum Gasteiger partial charge on any atom is -0.497 e. The van der Waals surface area contributed by atoms with E-state index in [0.29, 0.717) is 43.0 Å². The zero-order valence-corrected chi connectivity index (χ0v) is 20.9. The van der Waals surface area contributed by atoms with Crippen molar-refractivity contribution in [2.45, 2.75) is 44.3 Å². The summed E-state index contributed by atoms with van der Waals surface area (Å²) in [5, 5.41) is 9.68. The number of nitriles is 1. The highest BCUT2D eigenvalue weighted by Gasteiger charge is 2.43. The Morgan fingerprint density at radius 3 is 2.82 bits per heavy atom. The van der Waals surface area contributed by atoms with Gasteiger partial charge in [0.2, 0.25) is 0 Å². The Bertz CT molecular complexity index is 1250. The predicted molar refractivity (Wildman–Crippen MR) is 132 cm³/mol. The Balaban J connectivity index is 1.24. The monoisotopic (exact) mass is 527 g/mol. The number of alkyl halides is 3. The van der Waals surface area contributed by atoms with E-state index in [0.717, 1.165) is 23.8 Å². The van der Waals surface area contributed by atoms with Gasteiger partial charge in [0, 0.05) is 31.3 Å². The zero-order valence-electron chi connectivity index (χ0n) is 20.9. The number of urea groups is 1. The maximum atomic E-state index is 13.1. The Kier molecular flexibility index (Phi) is 7.19. The normalized spacial score (nSPS) is 28.8. The van der Waals surface area contributed by atoms with Gasteiger partial charge < -0.3 is 19.1 Å². The van der Waals surface area contributed by atoms with Gasteiger partial charge in [-0.2, -0.15) is 23.4 Å². The maximum Gasteiger partial charge on any atom is 0.395 e. The van der Waals surface area contributed by atoms with Crippen molar-refractivity contribution in [3.63, 3.8) is 0 Å². The number of allylic oxidation sites excluding steroid dienone is 8. The summed E-state index contributed by atoms with van der Waals surface area (Å²) in [5.41, 5.74) is 1.07. The Hall–Kier alpha value is -3.74. The molecule has 1 saturated heterocycles. The van der Waals surface area contributed by atoms with Crippen LogP contribution < -0.4 is 0 Å². The second-order valence-corrected chi connectivity index (χ2v) is 9.90. The van der Waals surface area contributed by atoms with Gasteiger partial charge in [-0.3, -0.25) is 0 Å². The molecule has 0 N–H and O–H groups in total. The SMILES string of the molecule is COC1=CC2CCN3C(=O)N=C(OCC4=C(C#N)C=C(OC5=CC(C(F)(F)F)CC=C5)CC4)CC3C2C=C1. The minimum atomic E-state index is -4.34. The highest BCUT2D eigenvalue weighted by atomic mass is 19.4. The summed E-state index contributed by atoms with van der Waals surface area (Å²) in [5.74, 6) is 0.553. The zero-order chi connectivity index (χ0) is 26.9. The van der Waals surface area contributed by atoms with Crippen LogP contribution in [-0.4, -0.2) is 49.3 Å². The molecule has 0 aromatic carbocycles. The number of aliphatic imine (C=N–C) groups is 1. The first-order valence-electron chi connectivity index (χ1n) is 12.7. The molecule has 1 fully saturated rings. The van der Waals surface area contributed by atoms with Crippen LogP contribution >= 0.6 is 0 Å². The molecular weight excluding hydrogens is 499 g/mol. The summed E-state index contributed by atoms with van der Waals surface area (Å²) in [7, 11) is 1.64. The quantitative estimate of drug-likeness (QED) is 0.447. The highest BCUT2D eigenvalue weighted by Crippen LogP contribution is 2.39. The molecule has 2 amide bonds. The van der Waals surface area contributed by atoms with E-state index in [4.69, 9.17) is 14.2 Å². The molecule has 0 saturated carbocycles. The Morgan fingerprint density at radius 2 is 2.05 bits per heavy atom. The predicted octanol–water partition coefficient (Wildman–Crippen LogP) is 5.87. The van der Waals surface area contributed by atoms with Crippen molar-refractivity contribution in [1.82, 2.24) is 4.90 Å². The molecule has 0 spiro atoms. The number of carbonyl (C=O) groups excluding carboxylic acids is 1. The maximum absolute atomic E-state index is 13.1. The summed E-state index contributed by atoms with van der Waals surface area (Å²) in [6, 6.07) is 1.75. The molecule has 2 aliphatic heterocycles. The minimum absolute atomic E-state index is 0.0623. The molecule has 0 radical (unpaired) electrons. The third kappa shape index (κ3) is 5.42. The first kappa shape index (κ1) is 25.9. The third-order valence-corrected chi connectivity index (χ3v) is 7.59. The second-order valence-electron chi connectivity index (χ2n) is 9.90. The summed E-state index contributed by atoms with van der Waals surface area (Å²) in [4.78, 5) is 18.7. The van der Waals surface area contributed by atoms with Crippen LogP contribution in [0.5, 0.6) is 0 Å². The lowest BCUT2D eigenvalue weighted by Crippen LogP contribution is -2.53. The fourth-order valence-corrected chi connectivity index (χ4v) is 5.54. The number of amides is 2. The van der Waals surface area contributed by atoms with Crippen molar-refractivity contribution < 1.29 is 32.2 Å². The van der Waals surface area contributed by atoms with Crippen molar-refractivity contribution in [1.29, 1.82) is 5.26 Å². The molecule has 200 valence electrons. The smallest absolute Gasteiger partial charge is 0.395 e. The van der Waals surface area contributed by atoms with Crippen molar-refractivity contribution in [3.8, 4) is 6.07 Å². The second kappa shape index (κ2) is 10.6. The number of rotatable bonds is 5. The van der Waals surface area contributed by atoms with Crippen LogP contribution in [0.4, 0.5) is 18.0 Å². The molecule has 38 heavy (non-hydrogen) atoms. The van der Waals surface area contributed by atoms with Crippen LogP contribution in [0.25, 0.3) is 0 Å². The first-order valence-corrected chi connectivity index (χ1v) is 12.7. The van der Waals surface area contributed by atoms with E-state index < -0.39 is 12.1 Å². The Morgan fingerprint density at radius 1 is 1.21 bits per heavy atom. The lowest BCUT2D eigenvalue weighted by Gasteiger charge is -2.45. The topological polar surface area (TPSA) is 84.1 Å². The lowest BCUT2D eigenvalue weighted by molar-refractivity contribution is -0.161. The third-order valence-electron chi connectivity index (χ3n) is 7.59. The Labute approximate surface area is 218 Å². The van der Waals surface area contributed by atoms with E-state index in [1.807, 2.05) is 6.08 Å². The van der Waals surface area contributed by atoms with E-state index >= 15 is 0 Å². The summed E-state index contributed by atoms with van der Waals surface area (Å²) in [6.45, 7) is 0.720. The van der Waals surface area contributed by atoms with E-state index in [-0.39, 0.29) is 42.7 Å².